The molecule has 16 bridgehead atoms. The third kappa shape index (κ3) is 16.5. The van der Waals surface area contributed by atoms with Crippen LogP contribution in [-0.4, -0.2) is 19.9 Å². The first-order valence-corrected chi connectivity index (χ1v) is 38.2. The van der Waals surface area contributed by atoms with Crippen LogP contribution in [0.2, 0.25) is 0 Å². The number of hydrogen-bond donors (Lipinski definition) is 0. The molecule has 10 heteroatoms. The summed E-state index contributed by atoms with van der Waals surface area (Å²) >= 11 is 0. The Balaban J connectivity index is 0.00000563. The van der Waals surface area contributed by atoms with Gasteiger partial charge in [-0.1, -0.05) is 311 Å². The number of benzene rings is 4. The topological polar surface area (TPSA) is 108 Å². The minimum absolute atomic E-state index is 0. The zero-order valence-electron chi connectivity index (χ0n) is 68.5. The summed E-state index contributed by atoms with van der Waals surface area (Å²) < 4.78 is 0. The van der Waals surface area contributed by atoms with Gasteiger partial charge < -0.3 is 19.9 Å². The molecule has 4 aliphatic rings. The maximum atomic E-state index is 5.71. The molecule has 6 aromatic heterocycles. The molecule has 14 rings (SSSR count). The van der Waals surface area contributed by atoms with E-state index in [4.69, 9.17) is 39.9 Å². The van der Waals surface area contributed by atoms with Gasteiger partial charge in [0.2, 0.25) is 0 Å². The second-order valence-corrected chi connectivity index (χ2v) is 38.1. The molecule has 0 atom stereocenters. The molecule has 10 aromatic rings. The van der Waals surface area contributed by atoms with Gasteiger partial charge in [-0.05, 0) is 193 Å². The Morgan fingerprint density at radius 1 is 0.227 bits per heavy atom. The van der Waals surface area contributed by atoms with Gasteiger partial charge in [-0.25, -0.2) is 19.9 Å². The molecule has 0 N–H and O–H groups in total. The van der Waals surface area contributed by atoms with Gasteiger partial charge >= 0.3 is 33.0 Å². The minimum atomic E-state index is -0.162. The van der Waals surface area contributed by atoms with E-state index in [0.29, 0.717) is 33.5 Å². The third-order valence-corrected chi connectivity index (χ3v) is 21.1. The van der Waals surface area contributed by atoms with Crippen molar-refractivity contribution in [1.82, 2.24) is 39.9 Å². The van der Waals surface area contributed by atoms with Crippen molar-refractivity contribution in [3.05, 3.63) is 235 Å². The van der Waals surface area contributed by atoms with Gasteiger partial charge in [0.1, 0.15) is 0 Å². The Labute approximate surface area is 673 Å². The Bertz CT molecular complexity index is 5720. The number of nitrogens with zero attached hydrogens (tertiary/aromatic N) is 8. The number of fused-ring (bicyclic) bond motifs is 16. The van der Waals surface area contributed by atoms with Crippen molar-refractivity contribution in [3.8, 4) is 68.2 Å². The van der Waals surface area contributed by atoms with Crippen LogP contribution in [0.1, 0.15) is 267 Å². The van der Waals surface area contributed by atoms with Crippen molar-refractivity contribution in [2.24, 2.45) is 0 Å². The fraction of sp³-hybridized carbons (Fsp3) is 0.320. The van der Waals surface area contributed by atoms with Crippen LogP contribution in [-0.2, 0) is 76.3 Å². The SMILES string of the molecule is CC(C)(C)c1cc(-c2c3nc(c(-c4cc(C(C)(C)C)cc(C(C)(C)C)c4)c4ccc([n-]4)c(C#CC#Cc4c5nc(c(-c6cc(C(C)(C)C)cc(C(C)(C)C)c6)c6ccc([n-]6)c(-c6cc(C(C)(C)C)cc(C(C)(C)C)c6)c6nc(cc7ccc4[n-]7)C=C6)C=C5)c4nc(cc5ccc2[n-]5)C=C4)C=C3)cc(C(C)(C)C)c1.[Ni+2].[Ni+2]. The normalized spacial score (nSPS) is 13.2. The van der Waals surface area contributed by atoms with Crippen molar-refractivity contribution < 1.29 is 33.0 Å². The second kappa shape index (κ2) is 28.8. The summed E-state index contributed by atoms with van der Waals surface area (Å²) in [6, 6.07) is 49.0. The molecule has 0 saturated heterocycles. The Kier molecular flexibility index (Phi) is 20.9. The van der Waals surface area contributed by atoms with Crippen LogP contribution >= 0.6 is 0 Å². The summed E-state index contributed by atoms with van der Waals surface area (Å²) in [6.07, 6.45) is 16.8. The molecular formula is C100H102N8Ni2. The fourth-order valence-electron chi connectivity index (χ4n) is 14.2. The average Bonchev–Trinajstić information content (AvgIpc) is 1.60. The van der Waals surface area contributed by atoms with Crippen molar-refractivity contribution in [2.45, 2.75) is 209 Å². The van der Waals surface area contributed by atoms with E-state index < -0.39 is 0 Å². The molecule has 0 aliphatic carbocycles. The van der Waals surface area contributed by atoms with Crippen LogP contribution < -0.4 is 19.9 Å². The van der Waals surface area contributed by atoms with Crippen LogP contribution in [0.25, 0.3) is 137 Å². The van der Waals surface area contributed by atoms with Crippen molar-refractivity contribution in [2.75, 3.05) is 0 Å². The molecule has 0 spiro atoms. The van der Waals surface area contributed by atoms with Gasteiger partial charge in [0.25, 0.3) is 0 Å². The van der Waals surface area contributed by atoms with E-state index in [-0.39, 0.29) is 76.3 Å². The molecule has 110 heavy (non-hydrogen) atoms. The first kappa shape index (κ1) is 79.7. The van der Waals surface area contributed by atoms with Gasteiger partial charge in [0.05, 0.1) is 45.6 Å². The maximum Gasteiger partial charge on any atom is 2.00 e. The molecule has 8 nitrogen and oxygen atoms in total. The van der Waals surface area contributed by atoms with E-state index in [0.717, 1.165) is 112 Å². The molecule has 0 amide bonds. The molecule has 562 valence electrons. The average molecular weight is 1530 g/mol. The molecule has 4 aliphatic heterocycles. The summed E-state index contributed by atoms with van der Waals surface area (Å²) in [6.45, 7) is 54.8. The van der Waals surface area contributed by atoms with Gasteiger partial charge in [-0.15, -0.1) is 44.1 Å². The maximum absolute atomic E-state index is 5.71. The van der Waals surface area contributed by atoms with Crippen LogP contribution in [0.15, 0.2) is 133 Å². The largest absolute Gasteiger partial charge is 2.00 e. The monoisotopic (exact) mass is 1530 g/mol. The molecule has 0 unspecified atom stereocenters. The van der Waals surface area contributed by atoms with Gasteiger partial charge in [-0.3, -0.25) is 0 Å². The van der Waals surface area contributed by atoms with Crippen molar-refractivity contribution in [1.29, 1.82) is 0 Å². The Morgan fingerprint density at radius 3 is 0.782 bits per heavy atom. The van der Waals surface area contributed by atoms with E-state index in [1.165, 1.54) is 44.5 Å². The zero-order valence-corrected chi connectivity index (χ0v) is 70.5. The molecule has 10 heterocycles. The van der Waals surface area contributed by atoms with E-state index in [1.54, 1.807) is 0 Å². The van der Waals surface area contributed by atoms with E-state index in [1.807, 2.05) is 36.4 Å². The molecule has 4 aromatic carbocycles. The standard InChI is InChI=1S/C100H102N8.2Ni/c1-93(2,3)63-45-59(46-64(53-63)94(4,5)6)89-81-35-31-73(103-81)57-71-29-33-77(101-71)75(79-37-39-83(105-79)91(87-43-41-85(89)107-87)61-49-67(97(13,14)15)55-68(50-61)98(16,17)18)27-25-26-28-76-78-34-30-72(102-78)58-74-32-36-82(104-74)90(60-47-65(95(7,8)9)54-66(48-60)96(10,11)12)86-42-44-88(108-86)92(84-40-38-80(76)106-84)62-51-69(99(19,20)21)56-70(52-62)100(22,23)24;;/h29-58H,1-24H3;;/q-4;2*+2. The van der Waals surface area contributed by atoms with Gasteiger partial charge in [0.15, 0.2) is 0 Å². The first-order chi connectivity index (χ1) is 50.5. The quantitative estimate of drug-likeness (QED) is 0.127. The Morgan fingerprint density at radius 2 is 0.445 bits per heavy atom. The number of aromatic nitrogens is 8. The van der Waals surface area contributed by atoms with Gasteiger partial charge in [0, 0.05) is 11.1 Å². The van der Waals surface area contributed by atoms with Gasteiger partial charge in [-0.2, -0.15) is 0 Å². The molecule has 0 fully saturated rings. The predicted molar refractivity (Wildman–Crippen MR) is 459 cm³/mol. The van der Waals surface area contributed by atoms with E-state index in [9.17, 15) is 0 Å². The molecular weight excluding hydrogens is 1430 g/mol. The van der Waals surface area contributed by atoms with E-state index >= 15 is 0 Å². The summed E-state index contributed by atoms with van der Waals surface area (Å²) in [4.78, 5) is 44.1. The number of hydrogen-bond acceptors (Lipinski definition) is 4. The first-order valence-electron chi connectivity index (χ1n) is 38.2. The molecule has 0 saturated carbocycles. The predicted octanol–water partition coefficient (Wildman–Crippen LogP) is 24.6. The number of rotatable bonds is 4. The van der Waals surface area contributed by atoms with Crippen molar-refractivity contribution >= 4 is 92.7 Å². The van der Waals surface area contributed by atoms with Crippen LogP contribution in [0.3, 0.4) is 0 Å². The fourth-order valence-corrected chi connectivity index (χ4v) is 14.2. The second-order valence-electron chi connectivity index (χ2n) is 38.1. The zero-order chi connectivity index (χ0) is 77.3. The summed E-state index contributed by atoms with van der Waals surface area (Å²) in [5.74, 6) is 13.8. The third-order valence-electron chi connectivity index (χ3n) is 21.1. The smallest absolute Gasteiger partial charge is 0.657 e. The summed E-state index contributed by atoms with van der Waals surface area (Å²) in [5.41, 5.74) is 30.2. The minimum Gasteiger partial charge on any atom is -0.657 e. The van der Waals surface area contributed by atoms with Crippen molar-refractivity contribution in [3.63, 3.8) is 0 Å². The van der Waals surface area contributed by atoms with Crippen LogP contribution in [0, 0.1) is 23.7 Å². The summed E-state index contributed by atoms with van der Waals surface area (Å²) in [7, 11) is 0. The summed E-state index contributed by atoms with van der Waals surface area (Å²) in [5, 5.41) is 0. The molecule has 0 radical (unpaired) electrons. The van der Waals surface area contributed by atoms with Crippen LogP contribution in [0.4, 0.5) is 0 Å². The Hall–Kier alpha value is -9.81. The van der Waals surface area contributed by atoms with Crippen LogP contribution in [0.5, 0.6) is 0 Å². The van der Waals surface area contributed by atoms with E-state index in [2.05, 4.69) is 336 Å².